The number of H-pyrrole nitrogens is 1. The van der Waals surface area contributed by atoms with Gasteiger partial charge in [-0.1, -0.05) is 19.3 Å². The number of carbonyl (C=O) groups excluding carboxylic acids is 1. The molecular weight excluding hydrogens is 402 g/mol. The van der Waals surface area contributed by atoms with Gasteiger partial charge in [0.25, 0.3) is 0 Å². The molecular formula is C24H28F2N2O3. The largest absolute Gasteiger partial charge is 0.462 e. The molecule has 2 fully saturated rings. The van der Waals surface area contributed by atoms with Crippen LogP contribution in [0.15, 0.2) is 23.1 Å². The third kappa shape index (κ3) is 4.41. The highest BCUT2D eigenvalue weighted by molar-refractivity contribution is 5.90. The summed E-state index contributed by atoms with van der Waals surface area (Å²) < 4.78 is 31.8. The smallest absolute Gasteiger partial charge is 0.343 e. The number of aromatic nitrogens is 2. The predicted octanol–water partition coefficient (Wildman–Crippen LogP) is 5.48. The average molecular weight is 430 g/mol. The normalized spacial score (nSPS) is 19.1. The number of pyridine rings is 2. The third-order valence-electron chi connectivity index (χ3n) is 6.50. The lowest BCUT2D eigenvalue weighted by Gasteiger charge is -2.35. The maximum Gasteiger partial charge on any atom is 0.343 e. The summed E-state index contributed by atoms with van der Waals surface area (Å²) in [6, 6.07) is 3.39. The highest BCUT2D eigenvalue weighted by Gasteiger charge is 2.46. The molecule has 0 unspecified atom stereocenters. The van der Waals surface area contributed by atoms with Gasteiger partial charge in [0.2, 0.25) is 5.92 Å². The Bertz CT molecular complexity index is 1030. The molecule has 0 spiro atoms. The Kier molecular flexibility index (Phi) is 5.95. The first-order valence-electron chi connectivity index (χ1n) is 11.1. The SMILES string of the molecule is CCOC(=O)c1c(C)[nH]c(-c2cnc(C3CC(F)(F)C3)cc2C2CCCCC2)cc1=O. The molecule has 31 heavy (non-hydrogen) atoms. The first kappa shape index (κ1) is 21.7. The minimum atomic E-state index is -2.60. The van der Waals surface area contributed by atoms with Crippen LogP contribution in [0.25, 0.3) is 11.3 Å². The molecule has 4 rings (SSSR count). The number of hydrogen-bond acceptors (Lipinski definition) is 4. The molecule has 0 radical (unpaired) electrons. The quantitative estimate of drug-likeness (QED) is 0.638. The molecule has 0 atom stereocenters. The topological polar surface area (TPSA) is 72.1 Å². The van der Waals surface area contributed by atoms with Crippen LogP contribution in [0.1, 0.15) is 91.0 Å². The molecule has 0 aliphatic heterocycles. The first-order valence-corrected chi connectivity index (χ1v) is 11.1. The molecule has 2 aliphatic carbocycles. The standard InChI is InChI=1S/C24H28F2N2O3/c1-3-31-23(30)22-14(2)28-20(10-21(22)29)18-13-27-19(16-11-24(25,26)12-16)9-17(18)15-7-5-4-6-8-15/h9-10,13,15-16H,3-8,11-12H2,1-2H3,(H,28,29). The zero-order valence-corrected chi connectivity index (χ0v) is 18.0. The molecule has 2 saturated carbocycles. The maximum atomic E-state index is 13.4. The van der Waals surface area contributed by atoms with Gasteiger partial charge in [0.1, 0.15) is 5.56 Å². The Morgan fingerprint density at radius 2 is 1.90 bits per heavy atom. The van der Waals surface area contributed by atoms with Gasteiger partial charge in [0.05, 0.1) is 12.3 Å². The maximum absolute atomic E-state index is 13.4. The Morgan fingerprint density at radius 3 is 2.52 bits per heavy atom. The van der Waals surface area contributed by atoms with Crippen molar-refractivity contribution in [1.82, 2.24) is 9.97 Å². The van der Waals surface area contributed by atoms with Gasteiger partial charge in [-0.2, -0.15) is 0 Å². The molecule has 1 N–H and O–H groups in total. The lowest BCUT2D eigenvalue weighted by molar-refractivity contribution is -0.0876. The highest BCUT2D eigenvalue weighted by Crippen LogP contribution is 2.49. The minimum absolute atomic E-state index is 0.00564. The zero-order valence-electron chi connectivity index (χ0n) is 18.0. The van der Waals surface area contributed by atoms with E-state index < -0.39 is 17.3 Å². The van der Waals surface area contributed by atoms with Crippen molar-refractivity contribution in [3.05, 3.63) is 51.1 Å². The summed E-state index contributed by atoms with van der Waals surface area (Å²) in [6.45, 7) is 3.56. The molecule has 0 amide bonds. The van der Waals surface area contributed by atoms with Crippen molar-refractivity contribution in [1.29, 1.82) is 0 Å². The van der Waals surface area contributed by atoms with Gasteiger partial charge in [-0.25, -0.2) is 13.6 Å². The van der Waals surface area contributed by atoms with Crippen LogP contribution in [0, 0.1) is 6.92 Å². The first-order chi connectivity index (χ1) is 14.8. The molecule has 2 aromatic heterocycles. The van der Waals surface area contributed by atoms with Gasteiger partial charge in [-0.15, -0.1) is 0 Å². The number of alkyl halides is 2. The Balaban J connectivity index is 1.75. The fourth-order valence-corrected chi connectivity index (χ4v) is 4.85. The number of rotatable bonds is 5. The van der Waals surface area contributed by atoms with Crippen molar-refractivity contribution < 1.29 is 18.3 Å². The second-order valence-corrected chi connectivity index (χ2v) is 8.76. The van der Waals surface area contributed by atoms with Crippen LogP contribution in [0.5, 0.6) is 0 Å². The van der Waals surface area contributed by atoms with Crippen LogP contribution >= 0.6 is 0 Å². The zero-order chi connectivity index (χ0) is 22.2. The van der Waals surface area contributed by atoms with Crippen molar-refractivity contribution >= 4 is 5.97 Å². The Hall–Kier alpha value is -2.57. The molecule has 0 aromatic carbocycles. The lowest BCUT2D eigenvalue weighted by atomic mass is 9.76. The van der Waals surface area contributed by atoms with Gasteiger partial charge < -0.3 is 9.72 Å². The number of aryl methyl sites for hydroxylation is 1. The number of nitrogens with one attached hydrogen (secondary N) is 1. The second kappa shape index (κ2) is 8.52. The summed E-state index contributed by atoms with van der Waals surface area (Å²) in [5.41, 5.74) is 3.20. The van der Waals surface area contributed by atoms with E-state index in [2.05, 4.69) is 9.97 Å². The van der Waals surface area contributed by atoms with Crippen molar-refractivity contribution in [3.8, 4) is 11.3 Å². The van der Waals surface area contributed by atoms with Crippen LogP contribution in [0.3, 0.4) is 0 Å². The fraction of sp³-hybridized carbons (Fsp3) is 0.542. The molecule has 5 nitrogen and oxygen atoms in total. The second-order valence-electron chi connectivity index (χ2n) is 8.76. The third-order valence-corrected chi connectivity index (χ3v) is 6.50. The molecule has 2 aromatic rings. The van der Waals surface area contributed by atoms with Crippen LogP contribution in [0.4, 0.5) is 8.78 Å². The fourth-order valence-electron chi connectivity index (χ4n) is 4.85. The molecule has 166 valence electrons. The van der Waals surface area contributed by atoms with Crippen LogP contribution < -0.4 is 5.43 Å². The van der Waals surface area contributed by atoms with Gasteiger partial charge in [0.15, 0.2) is 5.43 Å². The van der Waals surface area contributed by atoms with E-state index in [0.717, 1.165) is 36.8 Å². The van der Waals surface area contributed by atoms with E-state index in [1.807, 2.05) is 6.07 Å². The molecule has 0 saturated heterocycles. The van der Waals surface area contributed by atoms with Crippen LogP contribution in [-0.2, 0) is 4.74 Å². The highest BCUT2D eigenvalue weighted by atomic mass is 19.3. The van der Waals surface area contributed by atoms with Crippen molar-refractivity contribution in [3.63, 3.8) is 0 Å². The summed E-state index contributed by atoms with van der Waals surface area (Å²) in [4.78, 5) is 32.5. The number of halogens is 2. The average Bonchev–Trinajstić information content (AvgIpc) is 2.72. The van der Waals surface area contributed by atoms with Crippen molar-refractivity contribution in [2.24, 2.45) is 0 Å². The van der Waals surface area contributed by atoms with Crippen molar-refractivity contribution in [2.45, 2.75) is 76.6 Å². The van der Waals surface area contributed by atoms with Crippen LogP contribution in [0.2, 0.25) is 0 Å². The van der Waals surface area contributed by atoms with Crippen molar-refractivity contribution in [2.75, 3.05) is 6.61 Å². The van der Waals surface area contributed by atoms with E-state index in [0.29, 0.717) is 23.0 Å². The van der Waals surface area contributed by atoms with E-state index in [9.17, 15) is 18.4 Å². The van der Waals surface area contributed by atoms with E-state index in [-0.39, 0.29) is 30.9 Å². The Morgan fingerprint density at radius 1 is 1.19 bits per heavy atom. The van der Waals surface area contributed by atoms with Gasteiger partial charge >= 0.3 is 5.97 Å². The summed E-state index contributed by atoms with van der Waals surface area (Å²) in [5.74, 6) is -3.15. The van der Waals surface area contributed by atoms with E-state index >= 15 is 0 Å². The summed E-state index contributed by atoms with van der Waals surface area (Å²) in [5, 5.41) is 0. The van der Waals surface area contributed by atoms with E-state index in [1.165, 1.54) is 12.5 Å². The van der Waals surface area contributed by atoms with E-state index in [1.54, 1.807) is 20.0 Å². The van der Waals surface area contributed by atoms with E-state index in [4.69, 9.17) is 4.74 Å². The number of carbonyl (C=O) groups is 1. The summed E-state index contributed by atoms with van der Waals surface area (Å²) in [7, 11) is 0. The number of esters is 1. The minimum Gasteiger partial charge on any atom is -0.462 e. The number of ether oxygens (including phenoxy) is 1. The lowest BCUT2D eigenvalue weighted by Crippen LogP contribution is -2.34. The molecule has 2 aliphatic rings. The van der Waals surface area contributed by atoms with Crippen LogP contribution in [-0.4, -0.2) is 28.5 Å². The Labute approximate surface area is 180 Å². The summed E-state index contributed by atoms with van der Waals surface area (Å²) >= 11 is 0. The molecule has 2 heterocycles. The van der Waals surface area contributed by atoms with Gasteiger partial charge in [-0.05, 0) is 44.2 Å². The molecule has 0 bridgehead atoms. The molecule has 7 heteroatoms. The predicted molar refractivity (Wildman–Crippen MR) is 114 cm³/mol. The van der Waals surface area contributed by atoms with Gasteiger partial charge in [-0.3, -0.25) is 9.78 Å². The summed E-state index contributed by atoms with van der Waals surface area (Å²) in [6.07, 6.45) is 6.89. The number of nitrogens with zero attached hydrogens (tertiary/aromatic N) is 1. The van der Waals surface area contributed by atoms with Gasteiger partial charge in [0, 0.05) is 48.0 Å². The number of hydrogen-bond donors (Lipinski definition) is 1. The number of aromatic amines is 1. The monoisotopic (exact) mass is 430 g/mol.